The van der Waals surface area contributed by atoms with Gasteiger partial charge < -0.3 is 15.2 Å². The molecule has 2 rings (SSSR count). The summed E-state index contributed by atoms with van der Waals surface area (Å²) in [6.45, 7) is 8.65. The standard InChI is InChI=1S/C17H34N2O2/c1-3-10-18-17(2,14-20)9-6-11-19-12-13-21-16-8-5-4-7-15(16)19/h15-16,18,20H,3-14H2,1-2H3. The fourth-order valence-corrected chi connectivity index (χ4v) is 3.78. The quantitative estimate of drug-likeness (QED) is 0.721. The van der Waals surface area contributed by atoms with Crippen LogP contribution in [-0.4, -0.2) is 60.5 Å². The number of nitrogens with zero attached hydrogens (tertiary/aromatic N) is 1. The molecule has 0 radical (unpaired) electrons. The molecule has 124 valence electrons. The Hall–Kier alpha value is -0.160. The summed E-state index contributed by atoms with van der Waals surface area (Å²) in [4.78, 5) is 2.64. The summed E-state index contributed by atoms with van der Waals surface area (Å²) in [5.41, 5.74) is -0.117. The third kappa shape index (κ3) is 4.92. The van der Waals surface area contributed by atoms with Crippen LogP contribution in [-0.2, 0) is 4.74 Å². The van der Waals surface area contributed by atoms with Crippen LogP contribution in [0, 0.1) is 0 Å². The van der Waals surface area contributed by atoms with Crippen LogP contribution in [0.4, 0.5) is 0 Å². The van der Waals surface area contributed by atoms with Crippen molar-refractivity contribution in [2.24, 2.45) is 0 Å². The van der Waals surface area contributed by atoms with Gasteiger partial charge in [0, 0.05) is 18.1 Å². The molecule has 0 aromatic carbocycles. The van der Waals surface area contributed by atoms with E-state index < -0.39 is 0 Å². The third-order valence-electron chi connectivity index (χ3n) is 5.17. The Kier molecular flexibility index (Phi) is 6.93. The summed E-state index contributed by atoms with van der Waals surface area (Å²) in [6, 6.07) is 0.650. The van der Waals surface area contributed by atoms with Crippen molar-refractivity contribution in [1.29, 1.82) is 0 Å². The highest BCUT2D eigenvalue weighted by atomic mass is 16.5. The monoisotopic (exact) mass is 298 g/mol. The molecule has 2 fully saturated rings. The minimum absolute atomic E-state index is 0.117. The van der Waals surface area contributed by atoms with Crippen LogP contribution in [0.1, 0.15) is 58.8 Å². The van der Waals surface area contributed by atoms with Crippen LogP contribution in [0.3, 0.4) is 0 Å². The van der Waals surface area contributed by atoms with Gasteiger partial charge >= 0.3 is 0 Å². The zero-order valence-corrected chi connectivity index (χ0v) is 13.9. The maximum atomic E-state index is 9.64. The van der Waals surface area contributed by atoms with E-state index in [9.17, 15) is 5.11 Å². The molecular formula is C17H34N2O2. The molecule has 0 bridgehead atoms. The smallest absolute Gasteiger partial charge is 0.0730 e. The lowest BCUT2D eigenvalue weighted by Crippen LogP contribution is -2.53. The molecule has 1 aliphatic heterocycles. The summed E-state index contributed by atoms with van der Waals surface area (Å²) >= 11 is 0. The normalized spacial score (nSPS) is 29.9. The van der Waals surface area contributed by atoms with Crippen molar-refractivity contribution < 1.29 is 9.84 Å². The molecule has 3 atom stereocenters. The SMILES string of the molecule is CCCNC(C)(CO)CCCN1CCOC2CCCCC21. The molecular weight excluding hydrogens is 264 g/mol. The number of aliphatic hydroxyl groups excluding tert-OH is 1. The van der Waals surface area contributed by atoms with E-state index in [0.717, 1.165) is 45.5 Å². The first-order valence-corrected chi connectivity index (χ1v) is 8.90. The van der Waals surface area contributed by atoms with E-state index in [1.807, 2.05) is 0 Å². The van der Waals surface area contributed by atoms with Crippen LogP contribution in [0.25, 0.3) is 0 Å². The van der Waals surface area contributed by atoms with Crippen LogP contribution in [0.5, 0.6) is 0 Å². The van der Waals surface area contributed by atoms with Crippen molar-refractivity contribution in [3.05, 3.63) is 0 Å². The largest absolute Gasteiger partial charge is 0.394 e. The van der Waals surface area contributed by atoms with Crippen molar-refractivity contribution in [2.45, 2.75) is 76.5 Å². The summed E-state index contributed by atoms with van der Waals surface area (Å²) in [6.07, 6.45) is 9.02. The number of hydrogen-bond acceptors (Lipinski definition) is 4. The predicted molar refractivity (Wildman–Crippen MR) is 86.6 cm³/mol. The molecule has 0 aromatic heterocycles. The highest BCUT2D eigenvalue weighted by molar-refractivity contribution is 4.88. The molecule has 4 heteroatoms. The van der Waals surface area contributed by atoms with Gasteiger partial charge in [-0.25, -0.2) is 0 Å². The topological polar surface area (TPSA) is 44.7 Å². The van der Waals surface area contributed by atoms with Gasteiger partial charge in [-0.05, 0) is 52.1 Å². The van der Waals surface area contributed by atoms with Crippen molar-refractivity contribution in [3.8, 4) is 0 Å². The Morgan fingerprint density at radius 1 is 1.33 bits per heavy atom. The first-order chi connectivity index (χ1) is 10.2. The minimum atomic E-state index is -0.117. The second-order valence-electron chi connectivity index (χ2n) is 7.05. The van der Waals surface area contributed by atoms with Crippen LogP contribution < -0.4 is 5.32 Å². The highest BCUT2D eigenvalue weighted by Crippen LogP contribution is 2.28. The first-order valence-electron chi connectivity index (χ1n) is 8.90. The summed E-state index contributed by atoms with van der Waals surface area (Å²) < 4.78 is 5.94. The van der Waals surface area contributed by atoms with Crippen LogP contribution in [0.15, 0.2) is 0 Å². The van der Waals surface area contributed by atoms with Crippen molar-refractivity contribution in [2.75, 3.05) is 32.8 Å². The molecule has 21 heavy (non-hydrogen) atoms. The number of fused-ring (bicyclic) bond motifs is 1. The maximum Gasteiger partial charge on any atom is 0.0730 e. The van der Waals surface area contributed by atoms with Gasteiger partial charge in [0.2, 0.25) is 0 Å². The van der Waals surface area contributed by atoms with E-state index in [-0.39, 0.29) is 12.1 Å². The van der Waals surface area contributed by atoms with E-state index >= 15 is 0 Å². The number of nitrogens with one attached hydrogen (secondary N) is 1. The second kappa shape index (κ2) is 8.47. The molecule has 0 amide bonds. The first kappa shape index (κ1) is 17.2. The Labute approximate surface area is 130 Å². The zero-order valence-electron chi connectivity index (χ0n) is 13.9. The van der Waals surface area contributed by atoms with Gasteiger partial charge in [0.05, 0.1) is 19.3 Å². The molecule has 1 saturated carbocycles. The molecule has 0 spiro atoms. The lowest BCUT2D eigenvalue weighted by atomic mass is 9.89. The number of rotatable bonds is 8. The zero-order chi connectivity index (χ0) is 15.1. The molecule has 3 unspecified atom stereocenters. The minimum Gasteiger partial charge on any atom is -0.394 e. The summed E-state index contributed by atoms with van der Waals surface area (Å²) in [5, 5.41) is 13.1. The van der Waals surface area contributed by atoms with E-state index in [1.54, 1.807) is 0 Å². The van der Waals surface area contributed by atoms with E-state index in [1.165, 1.54) is 25.7 Å². The molecule has 1 aliphatic carbocycles. The molecule has 4 nitrogen and oxygen atoms in total. The van der Waals surface area contributed by atoms with Crippen molar-refractivity contribution >= 4 is 0 Å². The van der Waals surface area contributed by atoms with Crippen molar-refractivity contribution in [1.82, 2.24) is 10.2 Å². The van der Waals surface area contributed by atoms with E-state index in [2.05, 4.69) is 24.1 Å². The average Bonchev–Trinajstić information content (AvgIpc) is 2.53. The van der Waals surface area contributed by atoms with Gasteiger partial charge in [0.1, 0.15) is 0 Å². The lowest BCUT2D eigenvalue weighted by molar-refractivity contribution is -0.0886. The fourth-order valence-electron chi connectivity index (χ4n) is 3.78. The average molecular weight is 298 g/mol. The lowest BCUT2D eigenvalue weighted by Gasteiger charge is -2.44. The number of morpholine rings is 1. The van der Waals surface area contributed by atoms with Gasteiger partial charge in [-0.1, -0.05) is 19.8 Å². The maximum absolute atomic E-state index is 9.64. The van der Waals surface area contributed by atoms with E-state index in [0.29, 0.717) is 12.1 Å². The Bertz CT molecular complexity index is 299. The molecule has 1 heterocycles. The Morgan fingerprint density at radius 3 is 2.90 bits per heavy atom. The van der Waals surface area contributed by atoms with Gasteiger partial charge in [-0.2, -0.15) is 0 Å². The summed E-state index contributed by atoms with van der Waals surface area (Å²) in [7, 11) is 0. The van der Waals surface area contributed by atoms with Gasteiger partial charge in [-0.15, -0.1) is 0 Å². The molecule has 1 saturated heterocycles. The van der Waals surface area contributed by atoms with Crippen LogP contribution >= 0.6 is 0 Å². The van der Waals surface area contributed by atoms with E-state index in [4.69, 9.17) is 4.74 Å². The molecule has 0 aromatic rings. The second-order valence-corrected chi connectivity index (χ2v) is 7.05. The molecule has 2 aliphatic rings. The number of hydrogen-bond donors (Lipinski definition) is 2. The number of aliphatic hydroxyl groups is 1. The molecule has 2 N–H and O–H groups in total. The van der Waals surface area contributed by atoms with Gasteiger partial charge in [0.25, 0.3) is 0 Å². The Morgan fingerprint density at radius 2 is 2.14 bits per heavy atom. The highest BCUT2D eigenvalue weighted by Gasteiger charge is 2.34. The Balaban J connectivity index is 1.76. The van der Waals surface area contributed by atoms with Gasteiger partial charge in [0.15, 0.2) is 0 Å². The predicted octanol–water partition coefficient (Wildman–Crippen LogP) is 2.16. The van der Waals surface area contributed by atoms with Crippen molar-refractivity contribution in [3.63, 3.8) is 0 Å². The van der Waals surface area contributed by atoms with Crippen LogP contribution in [0.2, 0.25) is 0 Å². The summed E-state index contributed by atoms with van der Waals surface area (Å²) in [5.74, 6) is 0. The fraction of sp³-hybridized carbons (Fsp3) is 1.00. The van der Waals surface area contributed by atoms with Gasteiger partial charge in [-0.3, -0.25) is 4.90 Å². The third-order valence-corrected chi connectivity index (χ3v) is 5.17. The number of ether oxygens (including phenoxy) is 1.